The number of nitrogens with zero attached hydrogens (tertiary/aromatic N) is 2. The summed E-state index contributed by atoms with van der Waals surface area (Å²) in [6, 6.07) is 17.9. The Labute approximate surface area is 160 Å². The third-order valence-corrected chi connectivity index (χ3v) is 9.21. The topological polar surface area (TPSA) is 60.9 Å². The summed E-state index contributed by atoms with van der Waals surface area (Å²) in [5, 5.41) is 10.8. The molecule has 3 aliphatic rings. The summed E-state index contributed by atoms with van der Waals surface area (Å²) >= 11 is 0. The van der Waals surface area contributed by atoms with Gasteiger partial charge in [-0.3, -0.25) is 9.21 Å². The summed E-state index contributed by atoms with van der Waals surface area (Å²) in [6.07, 6.45) is 1.55. The smallest absolute Gasteiger partial charge is 0.244 e. The molecule has 0 radical (unpaired) electrons. The number of fused-ring (bicyclic) bond motifs is 1. The second-order valence-electron chi connectivity index (χ2n) is 8.00. The number of hydrogen-bond acceptors (Lipinski definition) is 4. The van der Waals surface area contributed by atoms with Gasteiger partial charge in [0.2, 0.25) is 10.0 Å². The molecule has 1 N–H and O–H groups in total. The first-order chi connectivity index (χ1) is 13.0. The molecular weight excluding hydrogens is 360 g/mol. The molecule has 27 heavy (non-hydrogen) atoms. The van der Waals surface area contributed by atoms with Gasteiger partial charge in [-0.2, -0.15) is 0 Å². The van der Waals surface area contributed by atoms with E-state index in [2.05, 4.69) is 29.2 Å². The summed E-state index contributed by atoms with van der Waals surface area (Å²) < 4.78 is 27.2. The molecule has 2 aromatic rings. The normalized spacial score (nSPS) is 30.3. The monoisotopic (exact) mass is 384 g/mol. The molecule has 2 aliphatic heterocycles. The zero-order valence-corrected chi connectivity index (χ0v) is 16.0. The van der Waals surface area contributed by atoms with E-state index in [0.717, 1.165) is 19.4 Å². The van der Waals surface area contributed by atoms with E-state index in [-0.39, 0.29) is 6.54 Å². The number of para-hydroxylation sites is 1. The first-order valence-corrected chi connectivity index (χ1v) is 11.0. The Morgan fingerprint density at radius 2 is 1.59 bits per heavy atom. The van der Waals surface area contributed by atoms with E-state index in [0.29, 0.717) is 24.7 Å². The van der Waals surface area contributed by atoms with E-state index in [1.165, 1.54) is 15.4 Å². The van der Waals surface area contributed by atoms with Crippen molar-refractivity contribution in [2.75, 3.05) is 23.9 Å². The van der Waals surface area contributed by atoms with Crippen molar-refractivity contribution >= 4 is 15.7 Å². The fourth-order valence-corrected chi connectivity index (χ4v) is 7.35. The molecule has 142 valence electrons. The van der Waals surface area contributed by atoms with Crippen LogP contribution in [0.3, 0.4) is 0 Å². The number of anilines is 1. The van der Waals surface area contributed by atoms with Crippen LogP contribution in [0.1, 0.15) is 17.5 Å². The van der Waals surface area contributed by atoms with Crippen molar-refractivity contribution in [1.82, 2.24) is 4.90 Å². The third-order valence-electron chi connectivity index (χ3n) is 6.63. The van der Waals surface area contributed by atoms with Crippen LogP contribution < -0.4 is 4.31 Å². The molecule has 2 heterocycles. The Hall–Kier alpha value is -1.89. The lowest BCUT2D eigenvalue weighted by Crippen LogP contribution is -2.49. The van der Waals surface area contributed by atoms with Gasteiger partial charge in [-0.25, -0.2) is 8.42 Å². The van der Waals surface area contributed by atoms with Gasteiger partial charge >= 0.3 is 0 Å². The van der Waals surface area contributed by atoms with Crippen LogP contribution in [0, 0.1) is 0 Å². The molecule has 0 bridgehead atoms. The molecule has 0 unspecified atom stereocenters. The van der Waals surface area contributed by atoms with Gasteiger partial charge in [-0.1, -0.05) is 42.5 Å². The highest BCUT2D eigenvalue weighted by molar-refractivity contribution is 7.94. The first kappa shape index (κ1) is 17.2. The number of hydrogen-bond donors (Lipinski definition) is 1. The van der Waals surface area contributed by atoms with E-state index in [4.69, 9.17) is 0 Å². The maximum Gasteiger partial charge on any atom is 0.244 e. The third kappa shape index (κ3) is 2.47. The molecular formula is C21H24N2O3S. The van der Waals surface area contributed by atoms with Crippen LogP contribution in [0.25, 0.3) is 0 Å². The lowest BCUT2D eigenvalue weighted by Gasteiger charge is -2.29. The highest BCUT2D eigenvalue weighted by atomic mass is 32.2. The van der Waals surface area contributed by atoms with Gasteiger partial charge in [0.05, 0.1) is 18.3 Å². The fourth-order valence-electron chi connectivity index (χ4n) is 5.07. The maximum atomic E-state index is 13.4. The van der Waals surface area contributed by atoms with Crippen molar-refractivity contribution in [3.8, 4) is 0 Å². The number of sulfonamides is 1. The molecule has 5 nitrogen and oxygen atoms in total. The predicted octanol–water partition coefficient (Wildman–Crippen LogP) is 1.81. The average Bonchev–Trinajstić information content (AvgIpc) is 3.35. The first-order valence-electron chi connectivity index (χ1n) is 9.57. The molecule has 5 rings (SSSR count). The second kappa shape index (κ2) is 6.06. The van der Waals surface area contributed by atoms with Gasteiger partial charge in [0.1, 0.15) is 4.75 Å². The largest absolute Gasteiger partial charge is 0.389 e. The van der Waals surface area contributed by atoms with E-state index in [1.54, 1.807) is 12.1 Å². The molecule has 2 saturated heterocycles. The van der Waals surface area contributed by atoms with Crippen molar-refractivity contribution in [2.45, 2.75) is 36.2 Å². The van der Waals surface area contributed by atoms with Gasteiger partial charge in [-0.05, 0) is 42.5 Å². The summed E-state index contributed by atoms with van der Waals surface area (Å²) in [4.78, 5) is 2.29. The zero-order chi connectivity index (χ0) is 18.6. The lowest BCUT2D eigenvalue weighted by molar-refractivity contribution is 0.138. The molecule has 1 spiro atoms. The number of aliphatic hydroxyl groups excluding tert-OH is 1. The minimum absolute atomic E-state index is 0.144. The van der Waals surface area contributed by atoms with Crippen LogP contribution >= 0.6 is 0 Å². The van der Waals surface area contributed by atoms with Gasteiger partial charge < -0.3 is 5.11 Å². The molecule has 2 aromatic carbocycles. The predicted molar refractivity (Wildman–Crippen MR) is 105 cm³/mol. The van der Waals surface area contributed by atoms with Crippen LogP contribution in [0.2, 0.25) is 0 Å². The highest BCUT2D eigenvalue weighted by Gasteiger charge is 2.62. The summed E-state index contributed by atoms with van der Waals surface area (Å²) in [7, 11) is -3.62. The molecule has 0 amide bonds. The van der Waals surface area contributed by atoms with Crippen molar-refractivity contribution in [2.24, 2.45) is 0 Å². The van der Waals surface area contributed by atoms with Crippen molar-refractivity contribution in [3.05, 3.63) is 65.7 Å². The van der Waals surface area contributed by atoms with E-state index in [9.17, 15) is 13.5 Å². The molecule has 0 aromatic heterocycles. The van der Waals surface area contributed by atoms with Crippen LogP contribution in [-0.4, -0.2) is 55.0 Å². The Kier molecular flexibility index (Phi) is 3.86. The van der Waals surface area contributed by atoms with Gasteiger partial charge in [0, 0.05) is 19.1 Å². The van der Waals surface area contributed by atoms with Crippen molar-refractivity contribution < 1.29 is 13.5 Å². The lowest BCUT2D eigenvalue weighted by atomic mass is 10.0. The van der Waals surface area contributed by atoms with Crippen molar-refractivity contribution in [3.63, 3.8) is 0 Å². The molecule has 0 saturated carbocycles. The zero-order valence-electron chi connectivity index (χ0n) is 15.2. The maximum absolute atomic E-state index is 13.4. The Morgan fingerprint density at radius 3 is 2.26 bits per heavy atom. The molecule has 1 aliphatic carbocycles. The van der Waals surface area contributed by atoms with Crippen molar-refractivity contribution in [1.29, 1.82) is 0 Å². The SMILES string of the molecule is O=S1(=O)N(c2ccccc2)C[C@H](O)[C@]12CCN(C1Cc3ccccc3C1)C2. The Balaban J connectivity index is 1.41. The Bertz CT molecular complexity index is 937. The van der Waals surface area contributed by atoms with Crippen LogP contribution in [0.4, 0.5) is 5.69 Å². The van der Waals surface area contributed by atoms with E-state index < -0.39 is 20.9 Å². The summed E-state index contributed by atoms with van der Waals surface area (Å²) in [5.74, 6) is 0. The van der Waals surface area contributed by atoms with Gasteiger partial charge in [0.25, 0.3) is 0 Å². The summed E-state index contributed by atoms with van der Waals surface area (Å²) in [5.41, 5.74) is 3.37. The quantitative estimate of drug-likeness (QED) is 0.858. The summed E-state index contributed by atoms with van der Waals surface area (Å²) in [6.45, 7) is 1.28. The second-order valence-corrected chi connectivity index (χ2v) is 10.2. The minimum Gasteiger partial charge on any atom is -0.389 e. The Morgan fingerprint density at radius 1 is 0.963 bits per heavy atom. The van der Waals surface area contributed by atoms with E-state index >= 15 is 0 Å². The standard InChI is InChI=1S/C21H24N2O3S/c24-20-14-23(18-8-2-1-3-9-18)27(25,26)21(20)10-11-22(15-21)19-12-16-6-4-5-7-17(16)13-19/h1-9,19-20,24H,10-15H2/t20-,21+/m0/s1. The van der Waals surface area contributed by atoms with Gasteiger partial charge in [-0.15, -0.1) is 0 Å². The number of aliphatic hydroxyl groups is 1. The fraction of sp³-hybridized carbons (Fsp3) is 0.429. The highest BCUT2D eigenvalue weighted by Crippen LogP contribution is 2.44. The van der Waals surface area contributed by atoms with Gasteiger partial charge in [0.15, 0.2) is 0 Å². The van der Waals surface area contributed by atoms with Crippen LogP contribution in [-0.2, 0) is 22.9 Å². The average molecular weight is 385 g/mol. The van der Waals surface area contributed by atoms with Crippen LogP contribution in [0.5, 0.6) is 0 Å². The van der Waals surface area contributed by atoms with E-state index in [1.807, 2.05) is 18.2 Å². The number of benzene rings is 2. The number of β-amino-alcohol motifs (C(OH)–C–C–N with tert-alkyl or cyclic N) is 1. The number of rotatable bonds is 2. The van der Waals surface area contributed by atoms with Crippen LogP contribution in [0.15, 0.2) is 54.6 Å². The molecule has 6 heteroatoms. The molecule has 2 atom stereocenters. The molecule has 2 fully saturated rings. The number of likely N-dealkylation sites (tertiary alicyclic amines) is 1. The minimum atomic E-state index is -3.62.